The van der Waals surface area contributed by atoms with Crippen molar-refractivity contribution in [3.05, 3.63) is 59.8 Å². The third-order valence-corrected chi connectivity index (χ3v) is 13.7. The van der Waals surface area contributed by atoms with Crippen LogP contribution in [0, 0.1) is 5.92 Å². The lowest BCUT2D eigenvalue weighted by atomic mass is 9.97. The number of carbonyl (C=O) groups is 1. The minimum atomic E-state index is -1.72. The predicted octanol–water partition coefficient (Wildman–Crippen LogP) is 3.22. The van der Waals surface area contributed by atoms with Crippen LogP contribution in [0.5, 0.6) is 0 Å². The third-order valence-electron chi connectivity index (χ3n) is 8.69. The van der Waals surface area contributed by atoms with E-state index in [1.54, 1.807) is 28.8 Å². The number of pyridine rings is 1. The molecule has 1 aromatic heterocycles. The van der Waals surface area contributed by atoms with Crippen LogP contribution in [0.15, 0.2) is 53.7 Å². The number of aliphatic hydroxyl groups is 6. The number of ether oxygens (including phenoxy) is 6. The van der Waals surface area contributed by atoms with Gasteiger partial charge in [0, 0.05) is 22.8 Å². The number of aliphatic hydroxyl groups excluding tert-OH is 6. The maximum absolute atomic E-state index is 12.9. The summed E-state index contributed by atoms with van der Waals surface area (Å²) in [4.78, 5) is 17.2. The number of hydrogen-bond acceptors (Lipinski definition) is 19. The quantitative estimate of drug-likeness (QED) is 0.0659. The first-order valence-electron chi connectivity index (χ1n) is 17.1. The molecule has 3 aliphatic rings. The first kappa shape index (κ1) is 45.6. The van der Waals surface area contributed by atoms with Crippen molar-refractivity contribution >= 4 is 66.8 Å². The van der Waals surface area contributed by atoms with Crippen LogP contribution < -0.4 is 0 Å². The number of benzene rings is 1. The molecule has 3 saturated heterocycles. The second-order valence-corrected chi connectivity index (χ2v) is 18.6. The molecule has 3 aliphatic heterocycles. The SMILES string of the molecule is C.CCSC(=S)SC(CC(C)C(=O)OCCSSc1ccccn1)c1ccc(C2OC[C@H]3O[C@H](O[C@H]4O[C@H](CO)[C@@H](O)[C@H](O)[C@H]4O)[C@H](O)[C@@H](O)[C@@H]3O2)cc1. The molecule has 0 bridgehead atoms. The zero-order valence-electron chi connectivity index (χ0n) is 28.9. The number of aromatic nitrogens is 1. The minimum absolute atomic E-state index is 0. The molecule has 4 heterocycles. The molecule has 3 unspecified atom stereocenters. The molecule has 0 aliphatic carbocycles. The van der Waals surface area contributed by atoms with Gasteiger partial charge in [-0.15, -0.1) is 11.8 Å². The lowest BCUT2D eigenvalue weighted by Crippen LogP contribution is -2.65. The van der Waals surface area contributed by atoms with Crippen molar-refractivity contribution in [1.82, 2.24) is 4.98 Å². The summed E-state index contributed by atoms with van der Waals surface area (Å²) in [5.41, 5.74) is 1.59. The number of nitrogens with zero attached hydrogens (tertiary/aromatic N) is 1. The van der Waals surface area contributed by atoms with Crippen LogP contribution in [0.25, 0.3) is 0 Å². The summed E-state index contributed by atoms with van der Waals surface area (Å²) in [6.07, 6.45) is -13.0. The maximum Gasteiger partial charge on any atom is 0.308 e. The number of hydrogen-bond donors (Lipinski definition) is 6. The van der Waals surface area contributed by atoms with Gasteiger partial charge in [-0.25, -0.2) is 4.98 Å². The van der Waals surface area contributed by atoms with Gasteiger partial charge in [0.1, 0.15) is 64.0 Å². The summed E-state index contributed by atoms with van der Waals surface area (Å²) in [7, 11) is 3.10. The molecule has 0 amide bonds. The number of fused-ring (bicyclic) bond motifs is 1. The molecule has 0 spiro atoms. The Labute approximate surface area is 336 Å². The Morgan fingerprint density at radius 2 is 1.70 bits per heavy atom. The maximum atomic E-state index is 12.9. The van der Waals surface area contributed by atoms with Crippen molar-refractivity contribution in [1.29, 1.82) is 0 Å². The summed E-state index contributed by atoms with van der Waals surface area (Å²) < 4.78 is 35.1. The fraction of sp³-hybridized carbons (Fsp3) is 0.629. The second-order valence-electron chi connectivity index (χ2n) is 12.5. The molecule has 5 rings (SSSR count). The van der Waals surface area contributed by atoms with E-state index in [-0.39, 0.29) is 37.8 Å². The zero-order chi connectivity index (χ0) is 38.1. The number of thiocarbonyl (C=S) groups is 1. The van der Waals surface area contributed by atoms with Gasteiger partial charge in [0.15, 0.2) is 18.9 Å². The molecule has 0 saturated carbocycles. The Bertz CT molecular complexity index is 1450. The van der Waals surface area contributed by atoms with E-state index in [0.717, 1.165) is 19.9 Å². The molecular weight excluding hydrogens is 803 g/mol. The molecule has 1 aromatic carbocycles. The Morgan fingerprint density at radius 3 is 2.39 bits per heavy atom. The van der Waals surface area contributed by atoms with Gasteiger partial charge < -0.3 is 59.1 Å². The van der Waals surface area contributed by atoms with Gasteiger partial charge in [-0.1, -0.05) is 86.4 Å². The molecule has 14 nitrogen and oxygen atoms in total. The second kappa shape index (κ2) is 22.2. The number of esters is 1. The van der Waals surface area contributed by atoms with E-state index in [0.29, 0.717) is 17.7 Å². The highest BCUT2D eigenvalue weighted by molar-refractivity contribution is 8.76. The van der Waals surface area contributed by atoms with Crippen LogP contribution >= 0.6 is 57.3 Å². The van der Waals surface area contributed by atoms with Gasteiger partial charge in [-0.3, -0.25) is 4.79 Å². The topological polar surface area (TPSA) is 207 Å². The van der Waals surface area contributed by atoms with Gasteiger partial charge in [-0.2, -0.15) is 0 Å². The Kier molecular flexibility index (Phi) is 18.7. The van der Waals surface area contributed by atoms with Gasteiger partial charge >= 0.3 is 5.97 Å². The van der Waals surface area contributed by atoms with E-state index in [1.165, 1.54) is 22.6 Å². The van der Waals surface area contributed by atoms with E-state index in [2.05, 4.69) is 4.98 Å². The minimum Gasteiger partial charge on any atom is -0.465 e. The van der Waals surface area contributed by atoms with E-state index in [9.17, 15) is 35.4 Å². The number of rotatable bonds is 15. The Hall–Kier alpha value is -1.11. The number of carbonyl (C=O) groups excluding carboxylic acids is 1. The fourth-order valence-electron chi connectivity index (χ4n) is 5.79. The average Bonchev–Trinajstić information content (AvgIpc) is 3.17. The van der Waals surface area contributed by atoms with E-state index >= 15 is 0 Å². The smallest absolute Gasteiger partial charge is 0.308 e. The standard InChI is InChI=1S/C34H45NO13S5.CH4/c1-3-50-34(49)52-22(14-17(2)30(42)43-12-13-51-53-23-6-4-5-11-35-23)18-7-9-19(10-8-18)31-44-16-21-29(47-31)26(39)28(41)33(46-21)48-32-27(40)25(38)24(37)20(15-36)45-32;/h4-11,17,20-22,24-29,31-33,36-41H,3,12-16H2,1-2H3;1H4/t17?,20-,21-,22?,24-,25+,26-,27-,28-,29-,31?,32-,33-;/m1./s1. The first-order chi connectivity index (χ1) is 25.5. The van der Waals surface area contributed by atoms with Gasteiger partial charge in [0.05, 0.1) is 19.1 Å². The van der Waals surface area contributed by atoms with Crippen molar-refractivity contribution in [2.75, 3.05) is 31.3 Å². The zero-order valence-corrected chi connectivity index (χ0v) is 33.0. The van der Waals surface area contributed by atoms with Crippen molar-refractivity contribution in [3.63, 3.8) is 0 Å². The van der Waals surface area contributed by atoms with Crippen LogP contribution in [-0.4, -0.2) is 138 Å². The van der Waals surface area contributed by atoms with Crippen LogP contribution in [0.2, 0.25) is 0 Å². The molecule has 0 radical (unpaired) electrons. The Balaban J connectivity index is 0.00000650. The van der Waals surface area contributed by atoms with Crippen molar-refractivity contribution in [2.24, 2.45) is 5.92 Å². The summed E-state index contributed by atoms with van der Waals surface area (Å²) in [6.45, 7) is 3.46. The van der Waals surface area contributed by atoms with Crippen molar-refractivity contribution in [2.45, 2.75) is 106 Å². The molecule has 3 fully saturated rings. The fourth-order valence-corrected chi connectivity index (χ4v) is 10.3. The summed E-state index contributed by atoms with van der Waals surface area (Å²) in [5, 5.41) is 62.6. The lowest BCUT2D eigenvalue weighted by molar-refractivity contribution is -0.399. The third kappa shape index (κ3) is 12.0. The summed E-state index contributed by atoms with van der Waals surface area (Å²) in [6, 6.07) is 13.2. The molecule has 302 valence electrons. The van der Waals surface area contributed by atoms with E-state index < -0.39 is 74.3 Å². The van der Waals surface area contributed by atoms with Crippen LogP contribution in [0.3, 0.4) is 0 Å². The molecule has 13 atom stereocenters. The largest absolute Gasteiger partial charge is 0.465 e. The molecular formula is C35H49NO13S5. The van der Waals surface area contributed by atoms with Gasteiger partial charge in [0.25, 0.3) is 0 Å². The first-order valence-corrected chi connectivity index (χ1v) is 21.6. The number of thioether (sulfide) groups is 2. The van der Waals surface area contributed by atoms with Crippen LogP contribution in [0.4, 0.5) is 0 Å². The normalized spacial score (nSPS) is 32.1. The molecule has 54 heavy (non-hydrogen) atoms. The molecule has 2 aromatic rings. The van der Waals surface area contributed by atoms with Crippen LogP contribution in [0.1, 0.15) is 50.4 Å². The van der Waals surface area contributed by atoms with Gasteiger partial charge in [-0.05, 0) is 40.7 Å². The van der Waals surface area contributed by atoms with Crippen molar-refractivity contribution in [3.8, 4) is 0 Å². The average molecular weight is 852 g/mol. The highest BCUT2D eigenvalue weighted by Crippen LogP contribution is 2.41. The summed E-state index contributed by atoms with van der Waals surface area (Å²) in [5.74, 6) is 0.790. The molecule has 19 heteroatoms. The predicted molar refractivity (Wildman–Crippen MR) is 211 cm³/mol. The van der Waals surface area contributed by atoms with Gasteiger partial charge in [0.2, 0.25) is 0 Å². The summed E-state index contributed by atoms with van der Waals surface area (Å²) >= 11 is 8.71. The monoisotopic (exact) mass is 851 g/mol. The highest BCUT2D eigenvalue weighted by atomic mass is 33.1. The molecule has 6 N–H and O–H groups in total. The van der Waals surface area contributed by atoms with E-state index in [4.69, 9.17) is 40.6 Å². The Morgan fingerprint density at radius 1 is 0.981 bits per heavy atom. The highest BCUT2D eigenvalue weighted by Gasteiger charge is 2.52. The lowest BCUT2D eigenvalue weighted by Gasteiger charge is -2.48. The van der Waals surface area contributed by atoms with Crippen LogP contribution in [-0.2, 0) is 33.2 Å². The van der Waals surface area contributed by atoms with Crippen molar-refractivity contribution < 1.29 is 63.9 Å². The van der Waals surface area contributed by atoms with E-state index in [1.807, 2.05) is 56.3 Å².